The van der Waals surface area contributed by atoms with Gasteiger partial charge in [-0.05, 0) is 0 Å². The van der Waals surface area contributed by atoms with E-state index < -0.39 is 17.1 Å². The summed E-state index contributed by atoms with van der Waals surface area (Å²) in [6, 6.07) is 0. The van der Waals surface area contributed by atoms with Gasteiger partial charge in [-0.1, -0.05) is 0 Å². The first kappa shape index (κ1) is 13.3. The second-order valence-electron chi connectivity index (χ2n) is 1.16. The Labute approximate surface area is 86.8 Å². The van der Waals surface area contributed by atoms with Crippen molar-refractivity contribution in [3.05, 3.63) is 24.3 Å². The van der Waals surface area contributed by atoms with Crippen molar-refractivity contribution in [1.82, 2.24) is 0 Å². The Morgan fingerprint density at radius 2 is 2.30 bits per heavy atom. The van der Waals surface area contributed by atoms with Crippen LogP contribution in [0, 0.1) is 6.08 Å². The third kappa shape index (κ3) is 11.5. The van der Waals surface area contributed by atoms with E-state index >= 15 is 0 Å². The summed E-state index contributed by atoms with van der Waals surface area (Å²) in [6.07, 6.45) is 10.0. The second kappa shape index (κ2) is 12.4. The van der Waals surface area contributed by atoms with Gasteiger partial charge < -0.3 is 0 Å². The van der Waals surface area contributed by atoms with Gasteiger partial charge in [0.1, 0.15) is 0 Å². The van der Waals surface area contributed by atoms with Crippen LogP contribution in [0.1, 0.15) is 6.42 Å². The Balaban J connectivity index is 0. The van der Waals surface area contributed by atoms with Crippen LogP contribution in [0.5, 0.6) is 0 Å². The minimum atomic E-state index is -1.09. The Kier molecular flexibility index (Phi) is 16.5. The SMILES string of the molecule is O=[C]=[W][Cl].[C-]1=CC=CC1.[W]. The predicted molar refractivity (Wildman–Crippen MR) is 33.1 cm³/mol. The zero-order chi connectivity index (χ0) is 6.95. The first-order chi connectivity index (χ1) is 4.41. The van der Waals surface area contributed by atoms with Crippen molar-refractivity contribution in [2.75, 3.05) is 0 Å². The zero-order valence-electron chi connectivity index (χ0n) is 5.04. The molecule has 0 aromatic carbocycles. The maximum absolute atomic E-state index is 8.99. The smallest absolute Gasteiger partial charge is 0 e. The fourth-order valence-electron chi connectivity index (χ4n) is 0.340. The predicted octanol–water partition coefficient (Wildman–Crippen LogP) is 1.59. The summed E-state index contributed by atoms with van der Waals surface area (Å²) >= 11 is -1.09. The standard InChI is InChI=1S/C5H5.CO.ClH.2W/c1-2-4-5-3-1;1-2;;;/h1-3H,4H2;;1H;;/q-1;;;;+1/p-1. The third-order valence-corrected chi connectivity index (χ3v) is 1.36. The van der Waals surface area contributed by atoms with Crippen LogP contribution in [0.4, 0.5) is 0 Å². The monoisotopic (exact) mass is 496 g/mol. The van der Waals surface area contributed by atoms with Gasteiger partial charge in [0.05, 0.1) is 0 Å². The van der Waals surface area contributed by atoms with Crippen molar-refractivity contribution in [2.24, 2.45) is 0 Å². The van der Waals surface area contributed by atoms with E-state index in [9.17, 15) is 0 Å². The van der Waals surface area contributed by atoms with Gasteiger partial charge >= 0.3 is 35.5 Å². The van der Waals surface area contributed by atoms with E-state index in [0.29, 0.717) is 0 Å². The molecular weight excluding hydrogens is 491 g/mol. The van der Waals surface area contributed by atoms with Crippen LogP contribution in [-0.4, -0.2) is 4.27 Å². The minimum Gasteiger partial charge on any atom is -0.273 e. The van der Waals surface area contributed by atoms with Gasteiger partial charge in [0.2, 0.25) is 0 Å². The molecule has 4 heteroatoms. The molecule has 0 unspecified atom stereocenters. The Hall–Kier alpha value is 0.727. The third-order valence-electron chi connectivity index (χ3n) is 0.617. The van der Waals surface area contributed by atoms with E-state index in [0.717, 1.165) is 6.42 Å². The number of carbonyl (C=O) groups excluding carboxylic acids is 1. The molecule has 0 radical (unpaired) electrons. The summed E-state index contributed by atoms with van der Waals surface area (Å²) in [6.45, 7) is 0. The molecule has 0 spiro atoms. The number of halogens is 1. The van der Waals surface area contributed by atoms with E-state index in [1.54, 1.807) is 4.27 Å². The van der Waals surface area contributed by atoms with Crippen molar-refractivity contribution < 1.29 is 42.9 Å². The Morgan fingerprint density at radius 1 is 1.70 bits per heavy atom. The van der Waals surface area contributed by atoms with E-state index in [-0.39, 0.29) is 21.1 Å². The van der Waals surface area contributed by atoms with Gasteiger partial charge in [0, 0.05) is 21.1 Å². The molecule has 55 valence electrons. The second-order valence-corrected chi connectivity index (χ2v) is 3.58. The van der Waals surface area contributed by atoms with Gasteiger partial charge in [0.25, 0.3) is 0 Å². The number of allylic oxidation sites excluding steroid dienone is 4. The van der Waals surface area contributed by atoms with Crippen LogP contribution >= 0.6 is 9.42 Å². The maximum atomic E-state index is 8.99. The van der Waals surface area contributed by atoms with Gasteiger partial charge in [-0.2, -0.15) is 6.08 Å². The van der Waals surface area contributed by atoms with Crippen molar-refractivity contribution in [2.45, 2.75) is 6.42 Å². The molecule has 0 heterocycles. The largest absolute Gasteiger partial charge is 0.273 e. The topological polar surface area (TPSA) is 17.1 Å². The molecular formula is C6H5ClOW2-. The van der Waals surface area contributed by atoms with Gasteiger partial charge in [0.15, 0.2) is 0 Å². The summed E-state index contributed by atoms with van der Waals surface area (Å²) < 4.78 is 1.61. The molecule has 0 aromatic rings. The van der Waals surface area contributed by atoms with Crippen molar-refractivity contribution >= 4 is 13.7 Å². The zero-order valence-corrected chi connectivity index (χ0v) is 11.7. The van der Waals surface area contributed by atoms with Crippen molar-refractivity contribution in [1.29, 1.82) is 0 Å². The summed E-state index contributed by atoms with van der Waals surface area (Å²) in [5, 5.41) is 0. The molecule has 0 aliphatic heterocycles. The quantitative estimate of drug-likeness (QED) is 0.466. The molecule has 0 N–H and O–H groups in total. The van der Waals surface area contributed by atoms with E-state index in [4.69, 9.17) is 14.2 Å². The molecule has 1 aliphatic carbocycles. The fourth-order valence-corrected chi connectivity index (χ4v) is 0.340. The minimum absolute atomic E-state index is 0. The number of hydrogen-bond acceptors (Lipinski definition) is 1. The van der Waals surface area contributed by atoms with Gasteiger partial charge in [-0.3, -0.25) is 6.08 Å². The van der Waals surface area contributed by atoms with Crippen LogP contribution in [0.2, 0.25) is 0 Å². The van der Waals surface area contributed by atoms with Gasteiger partial charge in [-0.25, -0.2) is 12.2 Å². The molecule has 10 heavy (non-hydrogen) atoms. The molecule has 1 aliphatic rings. The number of rotatable bonds is 0. The normalized spacial score (nSPS) is 10.5. The molecule has 0 atom stereocenters. The average Bonchev–Trinajstić information content (AvgIpc) is 2.43. The Bertz CT molecular complexity index is 149. The van der Waals surface area contributed by atoms with Crippen LogP contribution in [0.3, 0.4) is 0 Å². The van der Waals surface area contributed by atoms with Crippen molar-refractivity contribution in [3.63, 3.8) is 0 Å². The summed E-state index contributed by atoms with van der Waals surface area (Å²) in [5.74, 6) is 0. The van der Waals surface area contributed by atoms with E-state index in [1.807, 2.05) is 12.2 Å². The first-order valence-corrected chi connectivity index (χ1v) is 7.38. The van der Waals surface area contributed by atoms with Crippen molar-refractivity contribution in [3.8, 4) is 0 Å². The average molecular weight is 496 g/mol. The van der Waals surface area contributed by atoms with Crippen LogP contribution in [0.25, 0.3) is 0 Å². The molecule has 1 nitrogen and oxygen atoms in total. The summed E-state index contributed by atoms with van der Waals surface area (Å²) in [5.41, 5.74) is 0. The van der Waals surface area contributed by atoms with E-state index in [2.05, 4.69) is 12.2 Å². The molecule has 0 amide bonds. The summed E-state index contributed by atoms with van der Waals surface area (Å²) in [4.78, 5) is 8.99. The first-order valence-electron chi connectivity index (χ1n) is 2.28. The van der Waals surface area contributed by atoms with Gasteiger partial charge in [-0.15, -0.1) is 6.42 Å². The molecule has 0 fully saturated rings. The van der Waals surface area contributed by atoms with E-state index in [1.165, 1.54) is 0 Å². The summed E-state index contributed by atoms with van der Waals surface area (Å²) in [7, 11) is 4.93. The van der Waals surface area contributed by atoms with Crippen LogP contribution in [0.15, 0.2) is 18.2 Å². The molecule has 0 saturated carbocycles. The molecule has 0 aromatic heterocycles. The molecule has 0 bridgehead atoms. The molecule has 1 rings (SSSR count). The maximum Gasteiger partial charge on any atom is 0 e. The molecule has 0 saturated heterocycles. The Morgan fingerprint density at radius 3 is 2.40 bits per heavy atom. The van der Waals surface area contributed by atoms with Crippen LogP contribution < -0.4 is 0 Å². The number of hydrogen-bond donors (Lipinski definition) is 0. The van der Waals surface area contributed by atoms with Crippen LogP contribution in [-0.2, 0) is 42.9 Å². The fraction of sp³-hybridized carbons (Fsp3) is 0.167.